The molecule has 1 saturated heterocycles. The summed E-state index contributed by atoms with van der Waals surface area (Å²) in [5.74, 6) is 0.623. The van der Waals surface area contributed by atoms with Crippen LogP contribution in [-0.2, 0) is 14.8 Å². The topological polar surface area (TPSA) is 83.7 Å². The van der Waals surface area contributed by atoms with Crippen molar-refractivity contribution >= 4 is 28.3 Å². The number of piperazine rings is 1. The average Bonchev–Trinajstić information content (AvgIpc) is 2.60. The number of carbonyl (C=O) groups excluding carboxylic acids is 1. The van der Waals surface area contributed by atoms with Gasteiger partial charge in [0.15, 0.2) is 0 Å². The smallest absolute Gasteiger partial charge is 0.243 e. The Balaban J connectivity index is 0.00000364. The number of sulfonamides is 1. The quantitative estimate of drug-likeness (QED) is 0.770. The molecule has 1 amide bonds. The molecule has 154 valence electrons. The molecule has 0 radical (unpaired) electrons. The lowest BCUT2D eigenvalue weighted by Crippen LogP contribution is -2.54. The Hall–Kier alpha value is -1.15. The number of carbonyl (C=O) groups is 1. The van der Waals surface area contributed by atoms with Gasteiger partial charge in [0, 0.05) is 26.2 Å². The molecule has 0 unspecified atom stereocenters. The first-order chi connectivity index (χ1) is 12.1. The number of nitrogens with zero attached hydrogens (tertiary/aromatic N) is 2. The van der Waals surface area contributed by atoms with Crippen molar-refractivity contribution in [3.05, 3.63) is 29.8 Å². The second-order valence-corrected chi connectivity index (χ2v) is 9.63. The normalized spacial score (nSPS) is 17.1. The fraction of sp³-hybridized carbons (Fsp3) is 0.632. The lowest BCUT2D eigenvalue weighted by Gasteiger charge is -2.35. The number of nitrogens with two attached hydrogens (primary N) is 1. The van der Waals surface area contributed by atoms with E-state index in [2.05, 4.69) is 13.8 Å². The van der Waals surface area contributed by atoms with Gasteiger partial charge in [0.25, 0.3) is 0 Å². The van der Waals surface area contributed by atoms with Crippen molar-refractivity contribution in [1.82, 2.24) is 9.21 Å². The lowest BCUT2D eigenvalue weighted by atomic mass is 10.0. The third-order valence-electron chi connectivity index (χ3n) is 4.78. The monoisotopic (exact) mass is 417 g/mol. The van der Waals surface area contributed by atoms with Crippen LogP contribution in [0.5, 0.6) is 0 Å². The first kappa shape index (κ1) is 23.9. The van der Waals surface area contributed by atoms with Crippen LogP contribution in [0.15, 0.2) is 29.2 Å². The number of rotatable bonds is 6. The minimum absolute atomic E-state index is 0. The Labute approximate surface area is 169 Å². The van der Waals surface area contributed by atoms with E-state index in [-0.39, 0.29) is 18.3 Å². The molecule has 1 fully saturated rings. The average molecular weight is 418 g/mol. The van der Waals surface area contributed by atoms with Crippen molar-refractivity contribution in [1.29, 1.82) is 0 Å². The SMILES string of the molecule is CC(C)C[C@H](N)C(=O)N1CCN(S(=O)(=O)c2ccc(C(C)C)cc2)CC1.Cl. The maximum Gasteiger partial charge on any atom is 0.243 e. The van der Waals surface area contributed by atoms with Gasteiger partial charge in [0.05, 0.1) is 10.9 Å². The largest absolute Gasteiger partial charge is 0.339 e. The molecule has 1 atom stereocenters. The number of benzene rings is 1. The third kappa shape index (κ3) is 5.91. The molecule has 1 heterocycles. The highest BCUT2D eigenvalue weighted by Crippen LogP contribution is 2.21. The Morgan fingerprint density at radius 2 is 1.56 bits per heavy atom. The standard InChI is InChI=1S/C19H31N3O3S.ClH/c1-14(2)13-18(20)19(23)21-9-11-22(12-10-21)26(24,25)17-7-5-16(6-8-17)15(3)4;/h5-8,14-15,18H,9-13,20H2,1-4H3;1H/t18-;/m0./s1. The van der Waals surface area contributed by atoms with Crippen molar-refractivity contribution in [3.63, 3.8) is 0 Å². The third-order valence-corrected chi connectivity index (χ3v) is 6.69. The van der Waals surface area contributed by atoms with E-state index in [9.17, 15) is 13.2 Å². The van der Waals surface area contributed by atoms with Gasteiger partial charge in [-0.2, -0.15) is 4.31 Å². The van der Waals surface area contributed by atoms with Crippen molar-refractivity contribution < 1.29 is 13.2 Å². The van der Waals surface area contributed by atoms with Crippen LogP contribution in [0.1, 0.15) is 45.6 Å². The van der Waals surface area contributed by atoms with Gasteiger partial charge in [-0.1, -0.05) is 39.8 Å². The molecule has 0 aromatic heterocycles. The summed E-state index contributed by atoms with van der Waals surface area (Å²) in [4.78, 5) is 14.4. The maximum absolute atomic E-state index is 12.8. The molecule has 27 heavy (non-hydrogen) atoms. The number of hydrogen-bond donors (Lipinski definition) is 1. The summed E-state index contributed by atoms with van der Waals surface area (Å²) >= 11 is 0. The van der Waals surface area contributed by atoms with Crippen molar-refractivity contribution in [2.75, 3.05) is 26.2 Å². The molecule has 1 aromatic carbocycles. The van der Waals surface area contributed by atoms with Gasteiger partial charge in [-0.3, -0.25) is 4.79 Å². The predicted octanol–water partition coefficient (Wildman–Crippen LogP) is 2.44. The fourth-order valence-corrected chi connectivity index (χ4v) is 4.59. The van der Waals surface area contributed by atoms with Crippen molar-refractivity contribution in [2.45, 2.75) is 51.0 Å². The highest BCUT2D eigenvalue weighted by atomic mass is 35.5. The predicted molar refractivity (Wildman–Crippen MR) is 111 cm³/mol. The highest BCUT2D eigenvalue weighted by molar-refractivity contribution is 7.89. The van der Waals surface area contributed by atoms with Crippen LogP contribution < -0.4 is 5.73 Å². The summed E-state index contributed by atoms with van der Waals surface area (Å²) in [6.07, 6.45) is 0.638. The number of amides is 1. The van der Waals surface area contributed by atoms with Crippen LogP contribution in [-0.4, -0.2) is 55.8 Å². The van der Waals surface area contributed by atoms with E-state index >= 15 is 0 Å². The van der Waals surface area contributed by atoms with Crippen LogP contribution in [0.25, 0.3) is 0 Å². The molecule has 6 nitrogen and oxygen atoms in total. The zero-order chi connectivity index (χ0) is 19.5. The van der Waals surface area contributed by atoms with E-state index in [0.717, 1.165) is 5.56 Å². The molecular weight excluding hydrogens is 386 g/mol. The lowest BCUT2D eigenvalue weighted by molar-refractivity contribution is -0.134. The van der Waals surface area contributed by atoms with E-state index in [4.69, 9.17) is 5.73 Å². The van der Waals surface area contributed by atoms with Crippen LogP contribution >= 0.6 is 12.4 Å². The van der Waals surface area contributed by atoms with E-state index in [1.165, 1.54) is 4.31 Å². The molecule has 8 heteroatoms. The summed E-state index contributed by atoms with van der Waals surface area (Å²) in [5, 5.41) is 0. The van der Waals surface area contributed by atoms with Gasteiger partial charge < -0.3 is 10.6 Å². The summed E-state index contributed by atoms with van der Waals surface area (Å²) < 4.78 is 27.1. The Kier molecular flexibility index (Phi) is 8.73. The second-order valence-electron chi connectivity index (χ2n) is 7.69. The molecule has 0 aliphatic carbocycles. The minimum atomic E-state index is -3.53. The van der Waals surface area contributed by atoms with Crippen LogP contribution in [0.4, 0.5) is 0 Å². The molecule has 1 aliphatic heterocycles. The van der Waals surface area contributed by atoms with Gasteiger partial charge >= 0.3 is 0 Å². The first-order valence-corrected chi connectivity index (χ1v) is 10.7. The van der Waals surface area contributed by atoms with Gasteiger partial charge in [-0.15, -0.1) is 12.4 Å². The molecule has 1 aromatic rings. The Morgan fingerprint density at radius 1 is 1.04 bits per heavy atom. The number of halogens is 1. The summed E-state index contributed by atoms with van der Waals surface area (Å²) in [5.41, 5.74) is 7.09. The highest BCUT2D eigenvalue weighted by Gasteiger charge is 2.31. The van der Waals surface area contributed by atoms with Gasteiger partial charge in [0.1, 0.15) is 0 Å². The molecule has 2 rings (SSSR count). The number of hydrogen-bond acceptors (Lipinski definition) is 4. The molecule has 0 bridgehead atoms. The summed E-state index contributed by atoms with van der Waals surface area (Å²) in [6, 6.07) is 6.55. The van der Waals surface area contributed by atoms with Gasteiger partial charge in [-0.25, -0.2) is 8.42 Å². The van der Waals surface area contributed by atoms with Crippen LogP contribution in [0.3, 0.4) is 0 Å². The first-order valence-electron chi connectivity index (χ1n) is 9.27. The molecule has 2 N–H and O–H groups in total. The second kappa shape index (κ2) is 9.87. The Bertz CT molecular complexity index is 712. The molecule has 0 saturated carbocycles. The van der Waals surface area contributed by atoms with Crippen LogP contribution in [0, 0.1) is 5.92 Å². The van der Waals surface area contributed by atoms with Gasteiger partial charge in [0.2, 0.25) is 15.9 Å². The maximum atomic E-state index is 12.8. The van der Waals surface area contributed by atoms with Crippen molar-refractivity contribution in [2.24, 2.45) is 11.7 Å². The van der Waals surface area contributed by atoms with E-state index in [1.807, 2.05) is 26.0 Å². The zero-order valence-electron chi connectivity index (χ0n) is 16.6. The Morgan fingerprint density at radius 3 is 2.00 bits per heavy atom. The van der Waals surface area contributed by atoms with E-state index < -0.39 is 16.1 Å². The van der Waals surface area contributed by atoms with Crippen molar-refractivity contribution in [3.8, 4) is 0 Å². The van der Waals surface area contributed by atoms with E-state index in [0.29, 0.717) is 49.3 Å². The zero-order valence-corrected chi connectivity index (χ0v) is 18.2. The molecular formula is C19H32ClN3O3S. The van der Waals surface area contributed by atoms with E-state index in [1.54, 1.807) is 17.0 Å². The fourth-order valence-electron chi connectivity index (χ4n) is 3.17. The summed E-state index contributed by atoms with van der Waals surface area (Å²) in [6.45, 7) is 9.57. The molecule has 1 aliphatic rings. The van der Waals surface area contributed by atoms with Crippen LogP contribution in [0.2, 0.25) is 0 Å². The van der Waals surface area contributed by atoms with Gasteiger partial charge in [-0.05, 0) is 36.0 Å². The summed E-state index contributed by atoms with van der Waals surface area (Å²) in [7, 11) is -3.53. The molecule has 0 spiro atoms. The minimum Gasteiger partial charge on any atom is -0.339 e.